The molecule has 1 fully saturated rings. The largest absolute Gasteiger partial charge is 0.468 e. The van der Waals surface area contributed by atoms with E-state index in [1.54, 1.807) is 11.8 Å². The van der Waals surface area contributed by atoms with E-state index in [0.717, 1.165) is 24.5 Å². The molecule has 3 rings (SSSR count). The Morgan fingerprint density at radius 2 is 2.16 bits per heavy atom. The van der Waals surface area contributed by atoms with Gasteiger partial charge in [-0.25, -0.2) is 4.68 Å². The monoisotopic (exact) mass is 378 g/mol. The molecular formula is C17H22N4O2S2. The Bertz CT molecular complexity index is 788. The van der Waals surface area contributed by atoms with Gasteiger partial charge in [0.15, 0.2) is 4.77 Å². The van der Waals surface area contributed by atoms with Crippen molar-refractivity contribution < 1.29 is 9.53 Å². The minimum absolute atomic E-state index is 0.138. The van der Waals surface area contributed by atoms with Crippen LogP contribution in [0.3, 0.4) is 0 Å². The Balaban J connectivity index is 1.72. The van der Waals surface area contributed by atoms with Crippen molar-refractivity contribution in [2.75, 3.05) is 26.0 Å². The summed E-state index contributed by atoms with van der Waals surface area (Å²) in [6.45, 7) is 2.16. The highest BCUT2D eigenvalue weighted by Crippen LogP contribution is 2.20. The fourth-order valence-electron chi connectivity index (χ4n) is 2.85. The predicted octanol–water partition coefficient (Wildman–Crippen LogP) is 2.09. The predicted molar refractivity (Wildman–Crippen MR) is 101 cm³/mol. The summed E-state index contributed by atoms with van der Waals surface area (Å²) in [5.74, 6) is 1.67. The van der Waals surface area contributed by atoms with Gasteiger partial charge in [-0.2, -0.15) is 5.10 Å². The Hall–Kier alpha value is -1.64. The van der Waals surface area contributed by atoms with Gasteiger partial charge in [0.25, 0.3) is 0 Å². The second-order valence-corrected chi connectivity index (χ2v) is 7.70. The molecule has 1 aromatic heterocycles. The van der Waals surface area contributed by atoms with Crippen LogP contribution in [0.1, 0.15) is 11.4 Å². The summed E-state index contributed by atoms with van der Waals surface area (Å²) in [5, 5.41) is 4.56. The lowest BCUT2D eigenvalue weighted by Gasteiger charge is -2.30. The summed E-state index contributed by atoms with van der Waals surface area (Å²) in [5.41, 5.74) is 1.21. The molecule has 1 aliphatic rings. The molecule has 0 amide bonds. The fourth-order valence-corrected chi connectivity index (χ4v) is 4.25. The maximum absolute atomic E-state index is 11.8. The average molecular weight is 379 g/mol. The second kappa shape index (κ2) is 8.16. The van der Waals surface area contributed by atoms with Gasteiger partial charge >= 0.3 is 5.97 Å². The Kier molecular flexibility index (Phi) is 5.93. The van der Waals surface area contributed by atoms with E-state index in [0.29, 0.717) is 18.0 Å². The van der Waals surface area contributed by atoms with Gasteiger partial charge in [-0.15, -0.1) is 11.8 Å². The molecule has 0 N–H and O–H groups in total. The quantitative estimate of drug-likeness (QED) is 0.587. The third-order valence-corrected chi connectivity index (χ3v) is 5.93. The number of aromatic nitrogens is 3. The molecule has 0 saturated carbocycles. The topological polar surface area (TPSA) is 52.3 Å². The molecule has 0 radical (unpaired) electrons. The van der Waals surface area contributed by atoms with Gasteiger partial charge in [0.05, 0.1) is 13.8 Å². The molecule has 2 heterocycles. The van der Waals surface area contributed by atoms with Crippen molar-refractivity contribution in [3.05, 3.63) is 46.5 Å². The first-order chi connectivity index (χ1) is 12.1. The maximum Gasteiger partial charge on any atom is 0.320 e. The lowest BCUT2D eigenvalue weighted by Crippen LogP contribution is -2.42. The molecule has 8 heteroatoms. The molecule has 1 atom stereocenters. The molecule has 0 spiro atoms. The number of hydrogen-bond acceptors (Lipinski definition) is 6. The second-order valence-electron chi connectivity index (χ2n) is 6.02. The van der Waals surface area contributed by atoms with E-state index in [1.165, 1.54) is 12.7 Å². The van der Waals surface area contributed by atoms with Crippen molar-refractivity contribution in [3.63, 3.8) is 0 Å². The SMILES string of the molecule is COC(=O)[C@@H]1CN(Cn2nc(Cc3ccccc3)n(C)c2=S)CCS1. The van der Waals surface area contributed by atoms with E-state index in [2.05, 4.69) is 17.0 Å². The molecular weight excluding hydrogens is 356 g/mol. The number of nitrogens with zero attached hydrogens (tertiary/aromatic N) is 4. The molecule has 1 aromatic carbocycles. The number of thioether (sulfide) groups is 1. The summed E-state index contributed by atoms with van der Waals surface area (Å²) in [6.07, 6.45) is 0.745. The summed E-state index contributed by atoms with van der Waals surface area (Å²) >= 11 is 7.19. The van der Waals surface area contributed by atoms with Crippen LogP contribution in [-0.2, 0) is 29.7 Å². The average Bonchev–Trinajstić information content (AvgIpc) is 2.90. The molecule has 0 aliphatic carbocycles. The summed E-state index contributed by atoms with van der Waals surface area (Å²) in [7, 11) is 3.39. The third kappa shape index (κ3) is 4.31. The number of ether oxygens (including phenoxy) is 1. The van der Waals surface area contributed by atoms with Crippen molar-refractivity contribution in [2.24, 2.45) is 7.05 Å². The van der Waals surface area contributed by atoms with E-state index >= 15 is 0 Å². The van der Waals surface area contributed by atoms with Gasteiger partial charge in [0, 0.05) is 32.3 Å². The highest BCUT2D eigenvalue weighted by molar-refractivity contribution is 8.00. The first kappa shape index (κ1) is 18.2. The first-order valence-electron chi connectivity index (χ1n) is 8.17. The zero-order valence-corrected chi connectivity index (χ0v) is 16.1. The lowest BCUT2D eigenvalue weighted by atomic mass is 10.1. The standard InChI is InChI=1S/C17H22N4O2S2/c1-19-15(10-13-6-4-3-5-7-13)18-21(17(19)24)12-20-8-9-25-14(11-20)16(22)23-2/h3-7,14H,8-12H2,1-2H3/t14-/m0/s1. The summed E-state index contributed by atoms with van der Waals surface area (Å²) < 4.78 is 9.36. The molecule has 6 nitrogen and oxygen atoms in total. The van der Waals surface area contributed by atoms with E-state index < -0.39 is 0 Å². The minimum atomic E-state index is -0.163. The summed E-state index contributed by atoms with van der Waals surface area (Å²) in [6, 6.07) is 10.2. The number of benzene rings is 1. The molecule has 0 bridgehead atoms. The maximum atomic E-state index is 11.8. The van der Waals surface area contributed by atoms with Crippen LogP contribution in [0, 0.1) is 4.77 Å². The van der Waals surface area contributed by atoms with Gasteiger partial charge in [-0.3, -0.25) is 9.69 Å². The number of carbonyl (C=O) groups is 1. The Morgan fingerprint density at radius 1 is 1.40 bits per heavy atom. The number of hydrogen-bond donors (Lipinski definition) is 0. The van der Waals surface area contributed by atoms with Crippen molar-refractivity contribution >= 4 is 29.9 Å². The molecule has 2 aromatic rings. The van der Waals surface area contributed by atoms with E-state index in [4.69, 9.17) is 22.1 Å². The lowest BCUT2D eigenvalue weighted by molar-refractivity contribution is -0.140. The minimum Gasteiger partial charge on any atom is -0.468 e. The van der Waals surface area contributed by atoms with Gasteiger partial charge in [0.1, 0.15) is 11.1 Å². The van der Waals surface area contributed by atoms with E-state index in [-0.39, 0.29) is 11.2 Å². The number of rotatable bonds is 5. The van der Waals surface area contributed by atoms with Crippen LogP contribution in [0.5, 0.6) is 0 Å². The first-order valence-corrected chi connectivity index (χ1v) is 9.62. The van der Waals surface area contributed by atoms with Crippen molar-refractivity contribution in [1.82, 2.24) is 19.2 Å². The van der Waals surface area contributed by atoms with Gasteiger partial charge < -0.3 is 9.30 Å². The van der Waals surface area contributed by atoms with Crippen molar-refractivity contribution in [3.8, 4) is 0 Å². The van der Waals surface area contributed by atoms with Crippen LogP contribution in [0.4, 0.5) is 0 Å². The highest BCUT2D eigenvalue weighted by Gasteiger charge is 2.27. The number of esters is 1. The van der Waals surface area contributed by atoms with Crippen LogP contribution in [0.2, 0.25) is 0 Å². The normalized spacial score (nSPS) is 18.2. The van der Waals surface area contributed by atoms with Gasteiger partial charge in [-0.05, 0) is 17.8 Å². The molecule has 0 unspecified atom stereocenters. The fraction of sp³-hybridized carbons (Fsp3) is 0.471. The number of methoxy groups -OCH3 is 1. The van der Waals surface area contributed by atoms with Crippen LogP contribution in [0.15, 0.2) is 30.3 Å². The molecule has 1 saturated heterocycles. The van der Waals surface area contributed by atoms with Gasteiger partial charge in [-0.1, -0.05) is 30.3 Å². The summed E-state index contributed by atoms with van der Waals surface area (Å²) in [4.78, 5) is 14.0. The highest BCUT2D eigenvalue weighted by atomic mass is 32.2. The van der Waals surface area contributed by atoms with Crippen LogP contribution in [-0.4, -0.2) is 56.4 Å². The Morgan fingerprint density at radius 3 is 2.88 bits per heavy atom. The van der Waals surface area contributed by atoms with Crippen molar-refractivity contribution in [1.29, 1.82) is 0 Å². The van der Waals surface area contributed by atoms with E-state index in [9.17, 15) is 4.79 Å². The molecule has 1 aliphatic heterocycles. The van der Waals surface area contributed by atoms with Gasteiger partial charge in [0.2, 0.25) is 0 Å². The zero-order chi connectivity index (χ0) is 17.8. The zero-order valence-electron chi connectivity index (χ0n) is 14.4. The smallest absolute Gasteiger partial charge is 0.320 e. The Labute approximate surface area is 156 Å². The third-order valence-electron chi connectivity index (χ3n) is 4.28. The van der Waals surface area contributed by atoms with Crippen LogP contribution >= 0.6 is 24.0 Å². The molecule has 25 heavy (non-hydrogen) atoms. The number of carbonyl (C=O) groups excluding carboxylic acids is 1. The van der Waals surface area contributed by atoms with Crippen LogP contribution in [0.25, 0.3) is 0 Å². The van der Waals surface area contributed by atoms with Crippen molar-refractivity contribution in [2.45, 2.75) is 18.3 Å². The van der Waals surface area contributed by atoms with Crippen LogP contribution < -0.4 is 0 Å². The van der Waals surface area contributed by atoms with E-state index in [1.807, 2.05) is 34.5 Å². The molecule has 134 valence electrons.